The molecule has 1 aromatic rings. The van der Waals surface area contributed by atoms with Gasteiger partial charge in [-0.15, -0.1) is 0 Å². The highest BCUT2D eigenvalue weighted by Crippen LogP contribution is 2.21. The van der Waals surface area contributed by atoms with Crippen molar-refractivity contribution in [2.24, 2.45) is 0 Å². The van der Waals surface area contributed by atoms with E-state index in [0.717, 1.165) is 18.4 Å². The van der Waals surface area contributed by atoms with E-state index in [-0.39, 0.29) is 5.91 Å². The van der Waals surface area contributed by atoms with E-state index < -0.39 is 5.60 Å². The van der Waals surface area contributed by atoms with Gasteiger partial charge in [0.15, 0.2) is 0 Å². The highest BCUT2D eigenvalue weighted by molar-refractivity contribution is 5.91. The highest BCUT2D eigenvalue weighted by Gasteiger charge is 2.26. The molecule has 0 radical (unpaired) electrons. The third-order valence-electron chi connectivity index (χ3n) is 3.83. The minimum atomic E-state index is -0.661. The summed E-state index contributed by atoms with van der Waals surface area (Å²) in [5, 5.41) is 18.8. The second-order valence-electron chi connectivity index (χ2n) is 5.74. The van der Waals surface area contributed by atoms with E-state index in [4.69, 9.17) is 5.26 Å². The molecule has 1 heterocycles. The van der Waals surface area contributed by atoms with Gasteiger partial charge in [-0.05, 0) is 50.0 Å². The second kappa shape index (κ2) is 6.55. The number of hydrogen-bond acceptors (Lipinski definition) is 3. The first-order valence-electron chi connectivity index (χ1n) is 7.20. The van der Waals surface area contributed by atoms with Gasteiger partial charge < -0.3 is 10.0 Å². The van der Waals surface area contributed by atoms with Crippen LogP contribution in [-0.4, -0.2) is 34.6 Å². The molecule has 1 aliphatic rings. The molecule has 0 saturated carbocycles. The first kappa shape index (κ1) is 15.3. The summed E-state index contributed by atoms with van der Waals surface area (Å²) >= 11 is 0. The predicted molar refractivity (Wildman–Crippen MR) is 81.2 cm³/mol. The Bertz CT molecular complexity index is 567. The molecule has 1 N–H and O–H groups in total. The molecule has 1 aliphatic heterocycles. The third-order valence-corrected chi connectivity index (χ3v) is 3.83. The lowest BCUT2D eigenvalue weighted by Crippen LogP contribution is -2.32. The summed E-state index contributed by atoms with van der Waals surface area (Å²) in [6.07, 6.45) is 5.48. The van der Waals surface area contributed by atoms with Crippen LogP contribution >= 0.6 is 0 Å². The van der Waals surface area contributed by atoms with Gasteiger partial charge in [-0.3, -0.25) is 4.79 Å². The first-order valence-corrected chi connectivity index (χ1v) is 7.20. The summed E-state index contributed by atoms with van der Waals surface area (Å²) in [6.45, 7) is 3.10. The third kappa shape index (κ3) is 4.44. The minimum absolute atomic E-state index is 0.0305. The van der Waals surface area contributed by atoms with Crippen LogP contribution in [0.2, 0.25) is 0 Å². The van der Waals surface area contributed by atoms with Crippen molar-refractivity contribution < 1.29 is 9.90 Å². The Hall–Kier alpha value is -2.12. The molecule has 0 aliphatic carbocycles. The fraction of sp³-hybridized carbons (Fsp3) is 0.412. The van der Waals surface area contributed by atoms with Crippen molar-refractivity contribution in [3.05, 3.63) is 41.5 Å². The molecule has 0 spiro atoms. The van der Waals surface area contributed by atoms with Gasteiger partial charge in [0.1, 0.15) is 0 Å². The number of likely N-dealkylation sites (tertiary alicyclic amines) is 1. The smallest absolute Gasteiger partial charge is 0.246 e. The van der Waals surface area contributed by atoms with Crippen molar-refractivity contribution >= 4 is 12.0 Å². The van der Waals surface area contributed by atoms with E-state index in [0.29, 0.717) is 25.1 Å². The van der Waals surface area contributed by atoms with Gasteiger partial charge >= 0.3 is 0 Å². The number of nitrogens with zero attached hydrogens (tertiary/aromatic N) is 2. The SMILES string of the molecule is CC1(O)CCCN(C(=O)/C=C/c2ccc(C#N)cc2)CC1. The van der Waals surface area contributed by atoms with Crippen molar-refractivity contribution in [1.29, 1.82) is 5.26 Å². The van der Waals surface area contributed by atoms with Crippen LogP contribution in [-0.2, 0) is 4.79 Å². The number of rotatable bonds is 2. The zero-order valence-electron chi connectivity index (χ0n) is 12.2. The number of amides is 1. The molecule has 1 atom stereocenters. The second-order valence-corrected chi connectivity index (χ2v) is 5.74. The summed E-state index contributed by atoms with van der Waals surface area (Å²) in [7, 11) is 0. The van der Waals surface area contributed by atoms with E-state index in [1.54, 1.807) is 29.2 Å². The summed E-state index contributed by atoms with van der Waals surface area (Å²) in [5.41, 5.74) is 0.837. The molecule has 4 heteroatoms. The average Bonchev–Trinajstić information content (AvgIpc) is 2.66. The van der Waals surface area contributed by atoms with Crippen LogP contribution in [0.1, 0.15) is 37.3 Å². The number of aliphatic hydroxyl groups is 1. The Kier molecular flexibility index (Phi) is 4.77. The van der Waals surface area contributed by atoms with Crippen LogP contribution < -0.4 is 0 Å². The standard InChI is InChI=1S/C17H20N2O2/c1-17(21)9-2-11-19(12-10-17)16(20)8-7-14-3-5-15(13-18)6-4-14/h3-8,21H,2,9-12H2,1H3/b8-7+. The van der Waals surface area contributed by atoms with Gasteiger partial charge in [-0.2, -0.15) is 5.26 Å². The lowest BCUT2D eigenvalue weighted by molar-refractivity contribution is -0.126. The van der Waals surface area contributed by atoms with Gasteiger partial charge in [0, 0.05) is 19.2 Å². The monoisotopic (exact) mass is 284 g/mol. The molecule has 1 fully saturated rings. The maximum absolute atomic E-state index is 12.2. The Morgan fingerprint density at radius 3 is 2.71 bits per heavy atom. The molecular formula is C17H20N2O2. The van der Waals surface area contributed by atoms with E-state index >= 15 is 0 Å². The zero-order chi connectivity index (χ0) is 15.3. The molecule has 110 valence electrons. The zero-order valence-corrected chi connectivity index (χ0v) is 12.2. The molecular weight excluding hydrogens is 264 g/mol. The summed E-state index contributed by atoms with van der Waals surface area (Å²) < 4.78 is 0. The first-order chi connectivity index (χ1) is 10.00. The lowest BCUT2D eigenvalue weighted by atomic mass is 9.98. The summed E-state index contributed by atoms with van der Waals surface area (Å²) in [5.74, 6) is -0.0305. The van der Waals surface area contributed by atoms with Gasteiger partial charge in [0.2, 0.25) is 5.91 Å². The van der Waals surface area contributed by atoms with Gasteiger partial charge in [0.05, 0.1) is 17.2 Å². The van der Waals surface area contributed by atoms with Crippen LogP contribution in [0.5, 0.6) is 0 Å². The number of hydrogen-bond donors (Lipinski definition) is 1. The van der Waals surface area contributed by atoms with Crippen LogP contribution in [0, 0.1) is 11.3 Å². The molecule has 4 nitrogen and oxygen atoms in total. The van der Waals surface area contributed by atoms with E-state index in [1.807, 2.05) is 19.1 Å². The van der Waals surface area contributed by atoms with Crippen molar-refractivity contribution in [2.45, 2.75) is 31.8 Å². The molecule has 21 heavy (non-hydrogen) atoms. The Morgan fingerprint density at radius 2 is 2.05 bits per heavy atom. The van der Waals surface area contributed by atoms with Crippen LogP contribution in [0.3, 0.4) is 0 Å². The Balaban J connectivity index is 1.97. The van der Waals surface area contributed by atoms with Crippen LogP contribution in [0.4, 0.5) is 0 Å². The van der Waals surface area contributed by atoms with Crippen molar-refractivity contribution in [3.63, 3.8) is 0 Å². The Morgan fingerprint density at radius 1 is 1.33 bits per heavy atom. The maximum Gasteiger partial charge on any atom is 0.246 e. The summed E-state index contributed by atoms with van der Waals surface area (Å²) in [4.78, 5) is 13.9. The number of carbonyl (C=O) groups excluding carboxylic acids is 1. The van der Waals surface area contributed by atoms with Gasteiger partial charge in [0.25, 0.3) is 0 Å². The average molecular weight is 284 g/mol. The molecule has 0 aromatic heterocycles. The topological polar surface area (TPSA) is 64.3 Å². The molecule has 1 amide bonds. The van der Waals surface area contributed by atoms with E-state index in [2.05, 4.69) is 6.07 Å². The number of nitriles is 1. The Labute approximate surface area is 125 Å². The quantitative estimate of drug-likeness (QED) is 0.848. The van der Waals surface area contributed by atoms with Crippen molar-refractivity contribution in [1.82, 2.24) is 4.90 Å². The molecule has 1 aromatic carbocycles. The number of benzene rings is 1. The van der Waals surface area contributed by atoms with E-state index in [9.17, 15) is 9.90 Å². The largest absolute Gasteiger partial charge is 0.390 e. The normalized spacial score (nSPS) is 22.8. The fourth-order valence-electron chi connectivity index (χ4n) is 2.43. The lowest BCUT2D eigenvalue weighted by Gasteiger charge is -2.21. The van der Waals surface area contributed by atoms with Crippen LogP contribution in [0.15, 0.2) is 30.3 Å². The maximum atomic E-state index is 12.2. The molecule has 1 saturated heterocycles. The van der Waals surface area contributed by atoms with Crippen molar-refractivity contribution in [2.75, 3.05) is 13.1 Å². The molecule has 1 unspecified atom stereocenters. The van der Waals surface area contributed by atoms with Gasteiger partial charge in [-0.1, -0.05) is 12.1 Å². The number of carbonyl (C=O) groups is 1. The molecule has 2 rings (SSSR count). The minimum Gasteiger partial charge on any atom is -0.390 e. The highest BCUT2D eigenvalue weighted by atomic mass is 16.3. The van der Waals surface area contributed by atoms with E-state index in [1.165, 1.54) is 0 Å². The molecule has 0 bridgehead atoms. The van der Waals surface area contributed by atoms with Crippen molar-refractivity contribution in [3.8, 4) is 6.07 Å². The van der Waals surface area contributed by atoms with Gasteiger partial charge in [-0.25, -0.2) is 0 Å². The summed E-state index contributed by atoms with van der Waals surface area (Å²) in [6, 6.07) is 9.15. The fourth-order valence-corrected chi connectivity index (χ4v) is 2.43. The predicted octanol–water partition coefficient (Wildman–Crippen LogP) is 2.33. The van der Waals surface area contributed by atoms with Crippen LogP contribution in [0.25, 0.3) is 6.08 Å².